The number of nitrogens with one attached hydrogen (secondary N) is 1. The van der Waals surface area contributed by atoms with Crippen molar-refractivity contribution in [3.05, 3.63) is 23.8 Å². The molecule has 2 amide bonds. The van der Waals surface area contributed by atoms with Gasteiger partial charge in [0.1, 0.15) is 11.9 Å². The Kier molecular flexibility index (Phi) is 11.7. The largest absolute Gasteiger partial charge is 0.493 e. The van der Waals surface area contributed by atoms with E-state index in [4.69, 9.17) is 21.1 Å². The average molecular weight is 467 g/mol. The van der Waals surface area contributed by atoms with E-state index < -0.39 is 6.04 Å². The van der Waals surface area contributed by atoms with Crippen molar-refractivity contribution in [1.29, 1.82) is 0 Å². The summed E-state index contributed by atoms with van der Waals surface area (Å²) in [4.78, 5) is 28.0. The molecule has 0 spiro atoms. The molecule has 1 aromatic carbocycles. The lowest BCUT2D eigenvalue weighted by Crippen LogP contribution is -2.47. The first kappa shape index (κ1) is 26.3. The highest BCUT2D eigenvalue weighted by atomic mass is 35.5. The zero-order chi connectivity index (χ0) is 23.3. The van der Waals surface area contributed by atoms with Gasteiger partial charge in [-0.1, -0.05) is 52.0 Å². The summed E-state index contributed by atoms with van der Waals surface area (Å²) >= 11 is 5.95. The van der Waals surface area contributed by atoms with Gasteiger partial charge in [0, 0.05) is 12.6 Å². The third kappa shape index (κ3) is 7.58. The molecule has 0 radical (unpaired) electrons. The first-order valence-corrected chi connectivity index (χ1v) is 12.6. The molecule has 1 fully saturated rings. The Morgan fingerprint density at radius 2 is 1.84 bits per heavy atom. The number of carbonyl (C=O) groups is 2. The van der Waals surface area contributed by atoms with Crippen LogP contribution in [0.2, 0.25) is 0 Å². The van der Waals surface area contributed by atoms with E-state index >= 15 is 0 Å². The highest BCUT2D eigenvalue weighted by Crippen LogP contribution is 2.33. The second kappa shape index (κ2) is 14.2. The van der Waals surface area contributed by atoms with Gasteiger partial charge in [0.2, 0.25) is 11.8 Å². The van der Waals surface area contributed by atoms with Crippen LogP contribution in [0.3, 0.4) is 0 Å². The van der Waals surface area contributed by atoms with Gasteiger partial charge in [0.25, 0.3) is 0 Å². The van der Waals surface area contributed by atoms with Crippen LogP contribution in [0.5, 0.6) is 11.5 Å². The van der Waals surface area contributed by atoms with Crippen molar-refractivity contribution in [2.24, 2.45) is 0 Å². The number of methoxy groups -OCH3 is 1. The van der Waals surface area contributed by atoms with Crippen LogP contribution in [-0.4, -0.2) is 48.9 Å². The predicted molar refractivity (Wildman–Crippen MR) is 128 cm³/mol. The molecular formula is C25H39ClN2O4. The van der Waals surface area contributed by atoms with E-state index in [1.54, 1.807) is 12.0 Å². The smallest absolute Gasteiger partial charge is 0.247 e. The Bertz CT molecular complexity index is 720. The second-order valence-electron chi connectivity index (χ2n) is 8.43. The van der Waals surface area contributed by atoms with Crippen LogP contribution in [0.25, 0.3) is 0 Å². The van der Waals surface area contributed by atoms with Crippen molar-refractivity contribution in [2.75, 3.05) is 26.1 Å². The molecule has 1 saturated carbocycles. The molecule has 0 bridgehead atoms. The quantitative estimate of drug-likeness (QED) is 0.338. The molecule has 0 unspecified atom stereocenters. The number of alkyl halides is 1. The van der Waals surface area contributed by atoms with Crippen molar-refractivity contribution >= 4 is 23.4 Å². The molecule has 0 aliphatic heterocycles. The monoisotopic (exact) mass is 466 g/mol. The van der Waals surface area contributed by atoms with E-state index in [0.717, 1.165) is 44.9 Å². The zero-order valence-electron chi connectivity index (χ0n) is 19.8. The van der Waals surface area contributed by atoms with Crippen LogP contribution < -0.4 is 14.8 Å². The normalized spacial score (nSPS) is 15.5. The third-order valence-electron chi connectivity index (χ3n) is 5.91. The minimum absolute atomic E-state index is 0.140. The summed E-state index contributed by atoms with van der Waals surface area (Å²) in [6, 6.07) is 4.86. The number of benzene rings is 1. The lowest BCUT2D eigenvalue weighted by molar-refractivity contribution is -0.139. The number of carbonyl (C=O) groups excluding carboxylic acids is 2. The molecule has 1 N–H and O–H groups in total. The fourth-order valence-electron chi connectivity index (χ4n) is 4.17. The molecular weight excluding hydrogens is 428 g/mol. The third-order valence-corrected chi connectivity index (χ3v) is 6.14. The predicted octanol–water partition coefficient (Wildman–Crippen LogP) is 5.23. The number of halogens is 1. The van der Waals surface area contributed by atoms with Crippen molar-refractivity contribution in [1.82, 2.24) is 10.2 Å². The molecule has 0 heterocycles. The van der Waals surface area contributed by atoms with Gasteiger partial charge in [-0.3, -0.25) is 9.59 Å². The topological polar surface area (TPSA) is 67.9 Å². The van der Waals surface area contributed by atoms with E-state index in [0.29, 0.717) is 30.2 Å². The maximum Gasteiger partial charge on any atom is 0.247 e. The minimum Gasteiger partial charge on any atom is -0.493 e. The first-order valence-electron chi connectivity index (χ1n) is 12.0. The van der Waals surface area contributed by atoms with Crippen LogP contribution in [0.15, 0.2) is 18.2 Å². The molecule has 1 aliphatic rings. The number of amides is 2. The summed E-state index contributed by atoms with van der Waals surface area (Å²) in [6.45, 7) is 5.15. The highest BCUT2D eigenvalue weighted by molar-refractivity contribution is 6.27. The molecule has 2 rings (SSSR count). The maximum absolute atomic E-state index is 13.6. The van der Waals surface area contributed by atoms with E-state index in [-0.39, 0.29) is 23.7 Å². The molecule has 1 aromatic rings. The molecule has 6 nitrogen and oxygen atoms in total. The van der Waals surface area contributed by atoms with Gasteiger partial charge < -0.3 is 19.7 Å². The molecule has 0 saturated heterocycles. The Balaban J connectivity index is 2.39. The standard InChI is InChI=1S/C25H39ClN2O4/c1-4-6-15-28(23(29)18-26)24(25(30)27-20-11-9-7-8-10-12-20)19-13-14-21(32-16-5-2)22(17-19)31-3/h13-14,17,20,24H,4-12,15-16,18H2,1-3H3,(H,27,30)/t24-/m0/s1. The highest BCUT2D eigenvalue weighted by Gasteiger charge is 2.32. The Hall–Kier alpha value is -1.95. The number of unbranched alkanes of at least 4 members (excludes halogenated alkanes) is 1. The SMILES string of the molecule is CCCCN(C(=O)CCl)[C@H](C(=O)NC1CCCCCC1)c1ccc(OCCC)c(OC)c1. The van der Waals surface area contributed by atoms with E-state index in [1.165, 1.54) is 12.8 Å². The molecule has 32 heavy (non-hydrogen) atoms. The summed E-state index contributed by atoms with van der Waals surface area (Å²) in [5.74, 6) is 0.620. The van der Waals surface area contributed by atoms with Gasteiger partial charge in [0.05, 0.1) is 13.7 Å². The summed E-state index contributed by atoms with van der Waals surface area (Å²) in [5.41, 5.74) is 0.700. The number of rotatable bonds is 12. The molecule has 7 heteroatoms. The van der Waals surface area contributed by atoms with Crippen LogP contribution in [0, 0.1) is 0 Å². The maximum atomic E-state index is 13.6. The van der Waals surface area contributed by atoms with Crippen LogP contribution in [0.1, 0.15) is 83.2 Å². The fraction of sp³-hybridized carbons (Fsp3) is 0.680. The fourth-order valence-corrected chi connectivity index (χ4v) is 4.32. The Labute approximate surface area is 198 Å². The van der Waals surface area contributed by atoms with Gasteiger partial charge in [0.15, 0.2) is 11.5 Å². The average Bonchev–Trinajstić information content (AvgIpc) is 3.08. The summed E-state index contributed by atoms with van der Waals surface area (Å²) in [7, 11) is 1.58. The second-order valence-corrected chi connectivity index (χ2v) is 8.70. The Morgan fingerprint density at radius 1 is 1.12 bits per heavy atom. The molecule has 1 aliphatic carbocycles. The number of hydrogen-bond donors (Lipinski definition) is 1. The minimum atomic E-state index is -0.759. The van der Waals surface area contributed by atoms with Crippen LogP contribution >= 0.6 is 11.6 Å². The van der Waals surface area contributed by atoms with Gasteiger partial charge in [-0.25, -0.2) is 0 Å². The lowest BCUT2D eigenvalue weighted by atomic mass is 10.0. The summed E-state index contributed by atoms with van der Waals surface area (Å²) in [5, 5.41) is 3.23. The number of ether oxygens (including phenoxy) is 2. The van der Waals surface area contributed by atoms with Crippen LogP contribution in [0.4, 0.5) is 0 Å². The molecule has 180 valence electrons. The van der Waals surface area contributed by atoms with Gasteiger partial charge >= 0.3 is 0 Å². The van der Waals surface area contributed by atoms with Gasteiger partial charge in [-0.05, 0) is 43.4 Å². The molecule has 1 atom stereocenters. The lowest BCUT2D eigenvalue weighted by Gasteiger charge is -2.32. The molecule has 0 aromatic heterocycles. The number of hydrogen-bond acceptors (Lipinski definition) is 4. The van der Waals surface area contributed by atoms with E-state index in [2.05, 4.69) is 12.2 Å². The van der Waals surface area contributed by atoms with Crippen molar-refractivity contribution in [3.8, 4) is 11.5 Å². The van der Waals surface area contributed by atoms with Crippen LogP contribution in [-0.2, 0) is 9.59 Å². The van der Waals surface area contributed by atoms with Crippen molar-refractivity contribution < 1.29 is 19.1 Å². The Morgan fingerprint density at radius 3 is 2.44 bits per heavy atom. The van der Waals surface area contributed by atoms with Gasteiger partial charge in [-0.15, -0.1) is 11.6 Å². The van der Waals surface area contributed by atoms with Crippen molar-refractivity contribution in [2.45, 2.75) is 83.7 Å². The van der Waals surface area contributed by atoms with Gasteiger partial charge in [-0.2, -0.15) is 0 Å². The first-order chi connectivity index (χ1) is 15.5. The number of nitrogens with zero attached hydrogens (tertiary/aromatic N) is 1. The van der Waals surface area contributed by atoms with Crippen molar-refractivity contribution in [3.63, 3.8) is 0 Å². The zero-order valence-corrected chi connectivity index (χ0v) is 20.6. The summed E-state index contributed by atoms with van der Waals surface area (Å²) < 4.78 is 11.3. The van der Waals surface area contributed by atoms with E-state index in [1.807, 2.05) is 25.1 Å². The summed E-state index contributed by atoms with van der Waals surface area (Å²) in [6.07, 6.45) is 9.19. The van der Waals surface area contributed by atoms with E-state index in [9.17, 15) is 9.59 Å².